The normalized spacial score (nSPS) is 17.7. The van der Waals surface area contributed by atoms with Crippen molar-refractivity contribution in [3.05, 3.63) is 34.3 Å². The molecule has 0 bridgehead atoms. The van der Waals surface area contributed by atoms with E-state index in [1.54, 1.807) is 0 Å². The van der Waals surface area contributed by atoms with Crippen LogP contribution in [0.25, 0.3) is 0 Å². The predicted molar refractivity (Wildman–Crippen MR) is 77.7 cm³/mol. The maximum atomic E-state index is 12.1. The zero-order chi connectivity index (χ0) is 13.0. The van der Waals surface area contributed by atoms with E-state index >= 15 is 0 Å². The van der Waals surface area contributed by atoms with Crippen molar-refractivity contribution in [2.45, 2.75) is 39.0 Å². The second kappa shape index (κ2) is 5.87. The molecule has 1 saturated carbocycles. The van der Waals surface area contributed by atoms with Gasteiger partial charge in [0.05, 0.1) is 5.56 Å². The molecule has 3 heteroatoms. The number of carbonyl (C=O) groups excluding carboxylic acids is 1. The highest BCUT2D eigenvalue weighted by atomic mass is 79.9. The summed E-state index contributed by atoms with van der Waals surface area (Å²) in [5.74, 6) is 0.0298. The van der Waals surface area contributed by atoms with Gasteiger partial charge in [0.2, 0.25) is 0 Å². The topological polar surface area (TPSA) is 29.1 Å². The third-order valence-electron chi connectivity index (χ3n) is 4.16. The Labute approximate surface area is 117 Å². The van der Waals surface area contributed by atoms with Crippen molar-refractivity contribution in [1.82, 2.24) is 5.32 Å². The first kappa shape index (κ1) is 13.6. The first-order chi connectivity index (χ1) is 8.67. The average molecular weight is 310 g/mol. The number of carbonyl (C=O) groups is 1. The van der Waals surface area contributed by atoms with E-state index in [-0.39, 0.29) is 5.91 Å². The fraction of sp³-hybridized carbons (Fsp3) is 0.533. The molecule has 1 fully saturated rings. The first-order valence-corrected chi connectivity index (χ1v) is 7.49. The maximum Gasteiger partial charge on any atom is 0.252 e. The van der Waals surface area contributed by atoms with Gasteiger partial charge in [-0.25, -0.2) is 0 Å². The summed E-state index contributed by atoms with van der Waals surface area (Å²) >= 11 is 3.42. The first-order valence-electron chi connectivity index (χ1n) is 6.70. The van der Waals surface area contributed by atoms with E-state index in [0.29, 0.717) is 5.41 Å². The zero-order valence-electron chi connectivity index (χ0n) is 10.8. The van der Waals surface area contributed by atoms with Gasteiger partial charge in [0.15, 0.2) is 0 Å². The summed E-state index contributed by atoms with van der Waals surface area (Å²) in [6.07, 6.45) is 6.26. The average Bonchev–Trinajstić information content (AvgIpc) is 2.86. The van der Waals surface area contributed by atoms with Crippen LogP contribution in [0.4, 0.5) is 0 Å². The number of amides is 1. The number of nitrogens with one attached hydrogen (secondary N) is 1. The van der Waals surface area contributed by atoms with Crippen molar-refractivity contribution < 1.29 is 4.79 Å². The number of hydrogen-bond donors (Lipinski definition) is 1. The minimum atomic E-state index is 0.0298. The van der Waals surface area contributed by atoms with Gasteiger partial charge in [-0.2, -0.15) is 0 Å². The van der Waals surface area contributed by atoms with E-state index < -0.39 is 0 Å². The van der Waals surface area contributed by atoms with Crippen LogP contribution in [-0.4, -0.2) is 12.5 Å². The minimum absolute atomic E-state index is 0.0298. The smallest absolute Gasteiger partial charge is 0.252 e. The fourth-order valence-electron chi connectivity index (χ4n) is 2.79. The summed E-state index contributed by atoms with van der Waals surface area (Å²) in [6.45, 7) is 3.04. The lowest BCUT2D eigenvalue weighted by atomic mass is 9.83. The van der Waals surface area contributed by atoms with Crippen LogP contribution in [0.1, 0.15) is 49.4 Å². The molecular formula is C15H20BrNO. The Kier molecular flexibility index (Phi) is 4.44. The number of benzene rings is 1. The van der Waals surface area contributed by atoms with Crippen LogP contribution in [0.5, 0.6) is 0 Å². The van der Waals surface area contributed by atoms with Crippen molar-refractivity contribution in [2.75, 3.05) is 6.54 Å². The molecule has 1 N–H and O–H groups in total. The lowest BCUT2D eigenvalue weighted by Crippen LogP contribution is -2.35. The molecule has 1 aliphatic carbocycles. The van der Waals surface area contributed by atoms with E-state index in [4.69, 9.17) is 0 Å². The van der Waals surface area contributed by atoms with Crippen molar-refractivity contribution >= 4 is 21.8 Å². The Morgan fingerprint density at radius 1 is 1.33 bits per heavy atom. The van der Waals surface area contributed by atoms with Gasteiger partial charge in [-0.1, -0.05) is 31.9 Å². The third-order valence-corrected chi connectivity index (χ3v) is 4.85. The highest BCUT2D eigenvalue weighted by molar-refractivity contribution is 9.10. The van der Waals surface area contributed by atoms with Gasteiger partial charge in [-0.3, -0.25) is 4.79 Å². The van der Waals surface area contributed by atoms with E-state index in [2.05, 4.69) is 28.2 Å². The van der Waals surface area contributed by atoms with Crippen LogP contribution in [0.3, 0.4) is 0 Å². The molecule has 0 saturated heterocycles. The second-order valence-electron chi connectivity index (χ2n) is 5.22. The molecule has 0 spiro atoms. The predicted octanol–water partition coefficient (Wildman–Crippen LogP) is 4.15. The van der Waals surface area contributed by atoms with Gasteiger partial charge >= 0.3 is 0 Å². The largest absolute Gasteiger partial charge is 0.351 e. The van der Waals surface area contributed by atoms with Gasteiger partial charge in [-0.05, 0) is 52.7 Å². The van der Waals surface area contributed by atoms with Crippen LogP contribution in [-0.2, 0) is 0 Å². The van der Waals surface area contributed by atoms with Gasteiger partial charge < -0.3 is 5.32 Å². The Morgan fingerprint density at radius 3 is 2.61 bits per heavy atom. The lowest BCUT2D eigenvalue weighted by molar-refractivity contribution is 0.0928. The van der Waals surface area contributed by atoms with Crippen LogP contribution >= 0.6 is 15.9 Å². The molecule has 2 rings (SSSR count). The second-order valence-corrected chi connectivity index (χ2v) is 6.08. The molecule has 0 unspecified atom stereocenters. The summed E-state index contributed by atoms with van der Waals surface area (Å²) in [7, 11) is 0. The molecule has 98 valence electrons. The molecule has 2 nitrogen and oxygen atoms in total. The molecule has 0 atom stereocenters. The molecule has 1 aliphatic rings. The van der Waals surface area contributed by atoms with E-state index in [1.807, 2.05) is 24.3 Å². The van der Waals surface area contributed by atoms with Gasteiger partial charge in [0.25, 0.3) is 5.91 Å². The molecule has 18 heavy (non-hydrogen) atoms. The van der Waals surface area contributed by atoms with Crippen LogP contribution in [0.15, 0.2) is 28.7 Å². The Bertz CT molecular complexity index is 424. The SMILES string of the molecule is CCC1(CNC(=O)c2ccccc2Br)CCCC1. The number of halogens is 1. The van der Waals surface area contributed by atoms with E-state index in [9.17, 15) is 4.79 Å². The molecule has 0 aliphatic heterocycles. The molecule has 1 aromatic carbocycles. The molecule has 0 aromatic heterocycles. The highest BCUT2D eigenvalue weighted by Gasteiger charge is 2.32. The lowest BCUT2D eigenvalue weighted by Gasteiger charge is -2.27. The monoisotopic (exact) mass is 309 g/mol. The Morgan fingerprint density at radius 2 is 2.00 bits per heavy atom. The molecule has 0 heterocycles. The van der Waals surface area contributed by atoms with E-state index in [0.717, 1.165) is 23.0 Å². The third kappa shape index (κ3) is 2.94. The summed E-state index contributed by atoms with van der Waals surface area (Å²) in [4.78, 5) is 12.1. The number of hydrogen-bond acceptors (Lipinski definition) is 1. The van der Waals surface area contributed by atoms with Gasteiger partial charge in [-0.15, -0.1) is 0 Å². The quantitative estimate of drug-likeness (QED) is 0.889. The fourth-order valence-corrected chi connectivity index (χ4v) is 3.25. The molecular weight excluding hydrogens is 290 g/mol. The van der Waals surface area contributed by atoms with Crippen molar-refractivity contribution in [3.63, 3.8) is 0 Å². The molecule has 0 radical (unpaired) electrons. The van der Waals surface area contributed by atoms with Gasteiger partial charge in [0.1, 0.15) is 0 Å². The number of rotatable bonds is 4. The van der Waals surface area contributed by atoms with Crippen molar-refractivity contribution in [3.8, 4) is 0 Å². The van der Waals surface area contributed by atoms with Crippen LogP contribution in [0.2, 0.25) is 0 Å². The standard InChI is InChI=1S/C15H20BrNO/c1-2-15(9-5-6-10-15)11-17-14(18)12-7-3-4-8-13(12)16/h3-4,7-8H,2,5-6,9-11H2,1H3,(H,17,18). The van der Waals surface area contributed by atoms with Gasteiger partial charge in [0, 0.05) is 11.0 Å². The summed E-state index contributed by atoms with van der Waals surface area (Å²) < 4.78 is 0.861. The molecule has 1 aromatic rings. The van der Waals surface area contributed by atoms with Crippen LogP contribution in [0, 0.1) is 5.41 Å². The summed E-state index contributed by atoms with van der Waals surface area (Å²) in [6, 6.07) is 7.57. The van der Waals surface area contributed by atoms with Crippen molar-refractivity contribution in [2.24, 2.45) is 5.41 Å². The van der Waals surface area contributed by atoms with Crippen molar-refractivity contribution in [1.29, 1.82) is 0 Å². The highest BCUT2D eigenvalue weighted by Crippen LogP contribution is 2.40. The summed E-state index contributed by atoms with van der Waals surface area (Å²) in [5, 5.41) is 3.10. The molecule has 1 amide bonds. The summed E-state index contributed by atoms with van der Waals surface area (Å²) in [5.41, 5.74) is 1.07. The Hall–Kier alpha value is -0.830. The maximum absolute atomic E-state index is 12.1. The minimum Gasteiger partial charge on any atom is -0.351 e. The zero-order valence-corrected chi connectivity index (χ0v) is 12.4. The van der Waals surface area contributed by atoms with E-state index in [1.165, 1.54) is 25.7 Å². The van der Waals surface area contributed by atoms with Crippen LogP contribution < -0.4 is 5.32 Å². The Balaban J connectivity index is 1.98.